The van der Waals surface area contributed by atoms with Crippen molar-refractivity contribution in [3.05, 3.63) is 0 Å². The maximum atomic E-state index is 12.0. The summed E-state index contributed by atoms with van der Waals surface area (Å²) in [6.45, 7) is 4.29. The fraction of sp³-hybridized carbons (Fsp3) is 0.923. The molecule has 2 aliphatic heterocycles. The molecule has 0 saturated carbocycles. The monoisotopic (exact) mass is 240 g/mol. The molecule has 2 heterocycles. The van der Waals surface area contributed by atoms with Gasteiger partial charge in [0.05, 0.1) is 7.11 Å². The van der Waals surface area contributed by atoms with Crippen LogP contribution in [0.1, 0.15) is 25.7 Å². The lowest BCUT2D eigenvalue weighted by molar-refractivity contribution is -0.149. The normalized spacial score (nSPS) is 29.2. The van der Waals surface area contributed by atoms with Crippen molar-refractivity contribution in [3.63, 3.8) is 0 Å². The van der Waals surface area contributed by atoms with E-state index in [-0.39, 0.29) is 12.0 Å². The summed E-state index contributed by atoms with van der Waals surface area (Å²) in [5.41, 5.74) is 0. The van der Waals surface area contributed by atoms with E-state index in [1.54, 1.807) is 0 Å². The lowest BCUT2D eigenvalue weighted by Crippen LogP contribution is -2.50. The van der Waals surface area contributed by atoms with Gasteiger partial charge in [-0.3, -0.25) is 9.69 Å². The quantitative estimate of drug-likeness (QED) is 0.688. The number of piperidine rings is 1. The van der Waals surface area contributed by atoms with Gasteiger partial charge < -0.3 is 9.64 Å². The number of nitrogens with zero attached hydrogens (tertiary/aromatic N) is 2. The number of ether oxygens (including phenoxy) is 1. The van der Waals surface area contributed by atoms with Crippen molar-refractivity contribution in [2.75, 3.05) is 40.3 Å². The van der Waals surface area contributed by atoms with Gasteiger partial charge in [-0.15, -0.1) is 0 Å². The van der Waals surface area contributed by atoms with Crippen LogP contribution in [0.25, 0.3) is 0 Å². The smallest absolute Gasteiger partial charge is 0.323 e. The van der Waals surface area contributed by atoms with Gasteiger partial charge in [-0.1, -0.05) is 0 Å². The summed E-state index contributed by atoms with van der Waals surface area (Å²) in [7, 11) is 3.66. The molecular weight excluding hydrogens is 216 g/mol. The standard InChI is InChI=1S/C13H24N2O2/c1-14-7-5-6-11(10-14)12(13(16)17-2)15-8-3-4-9-15/h11-12H,3-10H2,1-2H3. The number of rotatable bonds is 3. The average Bonchev–Trinajstić information content (AvgIpc) is 2.83. The molecule has 0 spiro atoms. The third-order valence-electron chi connectivity index (χ3n) is 4.08. The van der Waals surface area contributed by atoms with Crippen LogP contribution in [0.4, 0.5) is 0 Å². The van der Waals surface area contributed by atoms with Gasteiger partial charge in [-0.25, -0.2) is 0 Å². The SMILES string of the molecule is COC(=O)C(C1CCCN(C)C1)N1CCCC1. The Bertz CT molecular complexity index is 264. The van der Waals surface area contributed by atoms with E-state index in [1.165, 1.54) is 26.4 Å². The van der Waals surface area contributed by atoms with Gasteiger partial charge in [0.15, 0.2) is 0 Å². The molecule has 0 aliphatic carbocycles. The Kier molecular flexibility index (Phi) is 4.40. The minimum Gasteiger partial charge on any atom is -0.468 e. The summed E-state index contributed by atoms with van der Waals surface area (Å²) in [6.07, 6.45) is 4.79. The van der Waals surface area contributed by atoms with Gasteiger partial charge in [0, 0.05) is 6.54 Å². The van der Waals surface area contributed by atoms with E-state index in [0.29, 0.717) is 5.92 Å². The van der Waals surface area contributed by atoms with Crippen molar-refractivity contribution in [1.82, 2.24) is 9.80 Å². The van der Waals surface area contributed by atoms with E-state index >= 15 is 0 Å². The molecule has 98 valence electrons. The largest absolute Gasteiger partial charge is 0.468 e. The molecule has 0 bridgehead atoms. The number of hydrogen-bond acceptors (Lipinski definition) is 4. The van der Waals surface area contributed by atoms with Gasteiger partial charge in [-0.05, 0) is 58.3 Å². The van der Waals surface area contributed by atoms with Gasteiger partial charge in [0.2, 0.25) is 0 Å². The van der Waals surface area contributed by atoms with Gasteiger partial charge in [0.1, 0.15) is 6.04 Å². The van der Waals surface area contributed by atoms with Gasteiger partial charge >= 0.3 is 5.97 Å². The Morgan fingerprint density at radius 3 is 2.53 bits per heavy atom. The van der Waals surface area contributed by atoms with Gasteiger partial charge in [0.25, 0.3) is 0 Å². The second kappa shape index (κ2) is 5.83. The van der Waals surface area contributed by atoms with Crippen molar-refractivity contribution in [1.29, 1.82) is 0 Å². The molecule has 0 aromatic carbocycles. The lowest BCUT2D eigenvalue weighted by Gasteiger charge is -2.37. The number of likely N-dealkylation sites (tertiary alicyclic amines) is 2. The Morgan fingerprint density at radius 1 is 1.24 bits per heavy atom. The fourth-order valence-corrected chi connectivity index (χ4v) is 3.24. The molecule has 0 aromatic rings. The van der Waals surface area contributed by atoms with Crippen LogP contribution in [0.15, 0.2) is 0 Å². The predicted octanol–water partition coefficient (Wildman–Crippen LogP) is 0.966. The highest BCUT2D eigenvalue weighted by molar-refractivity contribution is 5.76. The van der Waals surface area contributed by atoms with Crippen LogP contribution < -0.4 is 0 Å². The van der Waals surface area contributed by atoms with Crippen molar-refractivity contribution in [3.8, 4) is 0 Å². The molecule has 2 atom stereocenters. The van der Waals surface area contributed by atoms with Crippen LogP contribution in [0.3, 0.4) is 0 Å². The van der Waals surface area contributed by atoms with E-state index in [2.05, 4.69) is 16.8 Å². The number of methoxy groups -OCH3 is 1. The summed E-state index contributed by atoms with van der Waals surface area (Å²) in [5.74, 6) is 0.409. The first kappa shape index (κ1) is 12.8. The number of carbonyl (C=O) groups is 1. The number of hydrogen-bond donors (Lipinski definition) is 0. The number of carbonyl (C=O) groups excluding carboxylic acids is 1. The Balaban J connectivity index is 2.05. The topological polar surface area (TPSA) is 32.8 Å². The molecule has 0 radical (unpaired) electrons. The minimum absolute atomic E-state index is 0.00903. The van der Waals surface area contributed by atoms with Crippen LogP contribution in [-0.4, -0.2) is 62.1 Å². The van der Waals surface area contributed by atoms with Crippen LogP contribution >= 0.6 is 0 Å². The lowest BCUT2D eigenvalue weighted by atomic mass is 9.90. The second-order valence-electron chi connectivity index (χ2n) is 5.38. The molecule has 2 unspecified atom stereocenters. The minimum atomic E-state index is -0.0350. The van der Waals surface area contributed by atoms with Crippen LogP contribution in [0.2, 0.25) is 0 Å². The summed E-state index contributed by atoms with van der Waals surface area (Å²) in [6, 6.07) is -0.00903. The Labute approximate surface area is 104 Å². The summed E-state index contributed by atoms with van der Waals surface area (Å²) >= 11 is 0. The average molecular weight is 240 g/mol. The molecule has 4 heteroatoms. The maximum Gasteiger partial charge on any atom is 0.323 e. The highest BCUT2D eigenvalue weighted by Crippen LogP contribution is 2.26. The molecule has 0 N–H and O–H groups in total. The molecule has 0 amide bonds. The van der Waals surface area contributed by atoms with E-state index in [0.717, 1.165) is 32.6 Å². The zero-order chi connectivity index (χ0) is 12.3. The third kappa shape index (κ3) is 2.99. The van der Waals surface area contributed by atoms with Crippen molar-refractivity contribution in [2.45, 2.75) is 31.7 Å². The molecule has 2 fully saturated rings. The first-order valence-electron chi connectivity index (χ1n) is 6.73. The highest BCUT2D eigenvalue weighted by atomic mass is 16.5. The molecule has 2 rings (SSSR count). The van der Waals surface area contributed by atoms with E-state index in [4.69, 9.17) is 4.74 Å². The Hall–Kier alpha value is -0.610. The Morgan fingerprint density at radius 2 is 1.94 bits per heavy atom. The molecule has 0 aromatic heterocycles. The molecule has 2 saturated heterocycles. The van der Waals surface area contributed by atoms with Crippen molar-refractivity contribution in [2.24, 2.45) is 5.92 Å². The van der Waals surface area contributed by atoms with Crippen LogP contribution in [0.5, 0.6) is 0 Å². The predicted molar refractivity (Wildman–Crippen MR) is 66.8 cm³/mol. The zero-order valence-electron chi connectivity index (χ0n) is 11.0. The molecule has 17 heavy (non-hydrogen) atoms. The highest BCUT2D eigenvalue weighted by Gasteiger charge is 2.37. The summed E-state index contributed by atoms with van der Waals surface area (Å²) in [5, 5.41) is 0. The molecule has 4 nitrogen and oxygen atoms in total. The van der Waals surface area contributed by atoms with Crippen LogP contribution in [-0.2, 0) is 9.53 Å². The fourth-order valence-electron chi connectivity index (χ4n) is 3.24. The third-order valence-corrected chi connectivity index (χ3v) is 4.08. The maximum absolute atomic E-state index is 12.0. The summed E-state index contributed by atoms with van der Waals surface area (Å²) in [4.78, 5) is 16.7. The zero-order valence-corrected chi connectivity index (χ0v) is 11.0. The van der Waals surface area contributed by atoms with E-state index in [1.807, 2.05) is 0 Å². The van der Waals surface area contributed by atoms with Crippen molar-refractivity contribution < 1.29 is 9.53 Å². The van der Waals surface area contributed by atoms with E-state index < -0.39 is 0 Å². The molecular formula is C13H24N2O2. The van der Waals surface area contributed by atoms with Gasteiger partial charge in [-0.2, -0.15) is 0 Å². The summed E-state index contributed by atoms with van der Waals surface area (Å²) < 4.78 is 5.01. The number of esters is 1. The molecule has 2 aliphatic rings. The first-order chi connectivity index (χ1) is 8.22. The second-order valence-corrected chi connectivity index (χ2v) is 5.38. The van der Waals surface area contributed by atoms with Crippen LogP contribution in [0, 0.1) is 5.92 Å². The van der Waals surface area contributed by atoms with E-state index in [9.17, 15) is 4.79 Å². The van der Waals surface area contributed by atoms with Crippen molar-refractivity contribution >= 4 is 5.97 Å². The first-order valence-corrected chi connectivity index (χ1v) is 6.73.